The third-order valence-electron chi connectivity index (χ3n) is 1.55. The van der Waals surface area contributed by atoms with Crippen molar-refractivity contribution >= 4 is 6.72 Å². The van der Waals surface area contributed by atoms with Crippen LogP contribution < -0.4 is 5.32 Å². The van der Waals surface area contributed by atoms with Crippen LogP contribution in [0.2, 0.25) is 0 Å². The average molecular weight is 140 g/mol. The molecule has 0 saturated carbocycles. The summed E-state index contributed by atoms with van der Waals surface area (Å²) < 4.78 is 0. The monoisotopic (exact) mass is 140 g/mol. The minimum Gasteiger partial charge on any atom is -0.368 e. The smallest absolute Gasteiger partial charge is 0.118 e. The molecule has 0 spiro atoms. The van der Waals surface area contributed by atoms with Crippen LogP contribution in [0.5, 0.6) is 0 Å². The normalized spacial score (nSPS) is 9.50. The van der Waals surface area contributed by atoms with Crippen molar-refractivity contribution in [2.75, 3.05) is 0 Å². The maximum absolute atomic E-state index is 3.67. The van der Waals surface area contributed by atoms with E-state index in [1.807, 2.05) is 0 Å². The summed E-state index contributed by atoms with van der Waals surface area (Å²) >= 11 is 0. The standard InChI is InChI=1S/C8H16N2/c1-5-8(6-2)10-7(3)9-4/h8,10H,3-6H2,1-2H3. The minimum absolute atomic E-state index is 0.498. The lowest BCUT2D eigenvalue weighted by molar-refractivity contribution is 0.532. The minimum atomic E-state index is 0.498. The van der Waals surface area contributed by atoms with Crippen molar-refractivity contribution in [3.8, 4) is 0 Å². The van der Waals surface area contributed by atoms with E-state index in [2.05, 4.69) is 37.5 Å². The summed E-state index contributed by atoms with van der Waals surface area (Å²) in [5.74, 6) is 0.675. The fourth-order valence-electron chi connectivity index (χ4n) is 0.774. The van der Waals surface area contributed by atoms with E-state index in [0.717, 1.165) is 12.8 Å². The van der Waals surface area contributed by atoms with Crippen LogP contribution in [0.15, 0.2) is 17.4 Å². The molecular formula is C8H16N2. The summed E-state index contributed by atoms with van der Waals surface area (Å²) in [6, 6.07) is 0.498. The third kappa shape index (κ3) is 3.28. The van der Waals surface area contributed by atoms with Gasteiger partial charge in [-0.05, 0) is 19.6 Å². The van der Waals surface area contributed by atoms with E-state index in [1.165, 1.54) is 0 Å². The van der Waals surface area contributed by atoms with Gasteiger partial charge in [-0.25, -0.2) is 4.99 Å². The highest BCUT2D eigenvalue weighted by Gasteiger charge is 2.00. The Kier molecular flexibility index (Phi) is 4.63. The maximum Gasteiger partial charge on any atom is 0.118 e. The summed E-state index contributed by atoms with van der Waals surface area (Å²) in [6.45, 7) is 11.3. The summed E-state index contributed by atoms with van der Waals surface area (Å²) in [6.07, 6.45) is 2.20. The Morgan fingerprint density at radius 1 is 1.50 bits per heavy atom. The first-order valence-corrected chi connectivity index (χ1v) is 3.66. The Labute approximate surface area is 63.0 Å². The van der Waals surface area contributed by atoms with Gasteiger partial charge in [0.2, 0.25) is 0 Å². The molecule has 2 nitrogen and oxygen atoms in total. The molecule has 0 bridgehead atoms. The second kappa shape index (κ2) is 5.03. The molecule has 0 aromatic rings. The Morgan fingerprint density at radius 2 is 2.00 bits per heavy atom. The van der Waals surface area contributed by atoms with Crippen molar-refractivity contribution in [2.24, 2.45) is 4.99 Å². The molecule has 0 aliphatic carbocycles. The van der Waals surface area contributed by atoms with Crippen LogP contribution in [-0.2, 0) is 0 Å². The molecule has 58 valence electrons. The van der Waals surface area contributed by atoms with Crippen LogP contribution in [0.25, 0.3) is 0 Å². The van der Waals surface area contributed by atoms with Crippen LogP contribution in [0, 0.1) is 0 Å². The number of aliphatic imine (C=N–C) groups is 1. The summed E-state index contributed by atoms with van der Waals surface area (Å²) in [5, 5.41) is 3.14. The zero-order valence-electron chi connectivity index (χ0n) is 6.85. The lowest BCUT2D eigenvalue weighted by atomic mass is 10.2. The van der Waals surface area contributed by atoms with Crippen molar-refractivity contribution in [2.45, 2.75) is 32.7 Å². The largest absolute Gasteiger partial charge is 0.368 e. The summed E-state index contributed by atoms with van der Waals surface area (Å²) in [5.41, 5.74) is 0. The Bertz CT molecular complexity index is 114. The molecule has 10 heavy (non-hydrogen) atoms. The first-order chi connectivity index (χ1) is 4.74. The van der Waals surface area contributed by atoms with Crippen molar-refractivity contribution in [3.63, 3.8) is 0 Å². The molecule has 2 heteroatoms. The molecular weight excluding hydrogens is 124 g/mol. The third-order valence-corrected chi connectivity index (χ3v) is 1.55. The molecule has 0 aromatic carbocycles. The Morgan fingerprint density at radius 3 is 2.30 bits per heavy atom. The quantitative estimate of drug-likeness (QED) is 0.580. The van der Waals surface area contributed by atoms with Gasteiger partial charge in [0.15, 0.2) is 0 Å². The molecule has 0 aliphatic heterocycles. The van der Waals surface area contributed by atoms with Gasteiger partial charge in [0.05, 0.1) is 0 Å². The number of hydrogen-bond acceptors (Lipinski definition) is 2. The van der Waals surface area contributed by atoms with Crippen molar-refractivity contribution < 1.29 is 0 Å². The lowest BCUT2D eigenvalue weighted by Gasteiger charge is -2.14. The first kappa shape index (κ1) is 9.21. The van der Waals surface area contributed by atoms with E-state index in [9.17, 15) is 0 Å². The number of hydrogen-bond donors (Lipinski definition) is 1. The molecule has 0 aliphatic rings. The highest BCUT2D eigenvalue weighted by Crippen LogP contribution is 1.98. The van der Waals surface area contributed by atoms with Crippen molar-refractivity contribution in [1.29, 1.82) is 0 Å². The van der Waals surface area contributed by atoms with E-state index in [1.54, 1.807) is 0 Å². The molecule has 1 N–H and O–H groups in total. The van der Waals surface area contributed by atoms with Gasteiger partial charge in [0, 0.05) is 6.04 Å². The zero-order chi connectivity index (χ0) is 7.98. The highest BCUT2D eigenvalue weighted by atomic mass is 15.0. The molecule has 0 fully saturated rings. The van der Waals surface area contributed by atoms with Gasteiger partial charge in [0.1, 0.15) is 5.82 Å². The van der Waals surface area contributed by atoms with Crippen LogP contribution in [0.4, 0.5) is 0 Å². The Balaban J connectivity index is 3.62. The second-order valence-electron chi connectivity index (χ2n) is 2.26. The van der Waals surface area contributed by atoms with Gasteiger partial charge in [-0.15, -0.1) is 0 Å². The van der Waals surface area contributed by atoms with E-state index in [4.69, 9.17) is 0 Å². The van der Waals surface area contributed by atoms with E-state index in [0.29, 0.717) is 11.9 Å². The number of nitrogens with one attached hydrogen (secondary N) is 1. The summed E-state index contributed by atoms with van der Waals surface area (Å²) in [7, 11) is 0. The Hall–Kier alpha value is -0.790. The number of rotatable bonds is 5. The van der Waals surface area contributed by atoms with E-state index in [-0.39, 0.29) is 0 Å². The van der Waals surface area contributed by atoms with Crippen molar-refractivity contribution in [3.05, 3.63) is 12.4 Å². The molecule has 0 saturated heterocycles. The van der Waals surface area contributed by atoms with Crippen molar-refractivity contribution in [1.82, 2.24) is 5.32 Å². The summed E-state index contributed by atoms with van der Waals surface area (Å²) in [4.78, 5) is 3.67. The van der Waals surface area contributed by atoms with E-state index < -0.39 is 0 Å². The predicted octanol–water partition coefficient (Wildman–Crippen LogP) is 1.94. The van der Waals surface area contributed by atoms with Crippen LogP contribution in [0.1, 0.15) is 26.7 Å². The molecule has 0 aromatic heterocycles. The van der Waals surface area contributed by atoms with Crippen LogP contribution >= 0.6 is 0 Å². The zero-order valence-corrected chi connectivity index (χ0v) is 6.85. The molecule has 0 heterocycles. The van der Waals surface area contributed by atoms with Gasteiger partial charge >= 0.3 is 0 Å². The fraction of sp³-hybridized carbons (Fsp3) is 0.625. The van der Waals surface area contributed by atoms with Gasteiger partial charge < -0.3 is 5.32 Å². The lowest BCUT2D eigenvalue weighted by Crippen LogP contribution is -2.25. The van der Waals surface area contributed by atoms with Gasteiger partial charge in [-0.3, -0.25) is 0 Å². The van der Waals surface area contributed by atoms with E-state index >= 15 is 0 Å². The SMILES string of the molecule is C=NC(=C)NC(CC)CC. The van der Waals surface area contributed by atoms with Gasteiger partial charge in [-0.2, -0.15) is 0 Å². The second-order valence-corrected chi connectivity index (χ2v) is 2.26. The molecule has 0 unspecified atom stereocenters. The average Bonchev–Trinajstić information content (AvgIpc) is 1.99. The molecule has 0 atom stereocenters. The first-order valence-electron chi connectivity index (χ1n) is 3.66. The number of nitrogens with zero attached hydrogens (tertiary/aromatic N) is 1. The highest BCUT2D eigenvalue weighted by molar-refractivity contribution is 5.27. The van der Waals surface area contributed by atoms with Gasteiger partial charge in [-0.1, -0.05) is 20.4 Å². The molecule has 0 amide bonds. The molecule has 0 rings (SSSR count). The topological polar surface area (TPSA) is 24.4 Å². The van der Waals surface area contributed by atoms with Crippen LogP contribution in [-0.4, -0.2) is 12.8 Å². The predicted molar refractivity (Wildman–Crippen MR) is 46.2 cm³/mol. The fourth-order valence-corrected chi connectivity index (χ4v) is 0.774. The molecule has 0 radical (unpaired) electrons. The van der Waals surface area contributed by atoms with Gasteiger partial charge in [0.25, 0.3) is 0 Å². The maximum atomic E-state index is 3.67. The van der Waals surface area contributed by atoms with Crippen LogP contribution in [0.3, 0.4) is 0 Å².